The van der Waals surface area contributed by atoms with Crippen molar-refractivity contribution < 1.29 is 0 Å². The highest BCUT2D eigenvalue weighted by molar-refractivity contribution is 9.10. The van der Waals surface area contributed by atoms with E-state index in [1.165, 1.54) is 0 Å². The molecular formula is C9H7BrN2S. The first-order valence-electron chi connectivity index (χ1n) is 3.71. The summed E-state index contributed by atoms with van der Waals surface area (Å²) in [5.41, 5.74) is 8.33. The minimum Gasteiger partial charge on any atom is -0.397 e. The predicted molar refractivity (Wildman–Crippen MR) is 59.7 cm³/mol. The number of pyridine rings is 1. The number of rotatable bonds is 1. The van der Waals surface area contributed by atoms with Gasteiger partial charge in [0.25, 0.3) is 0 Å². The summed E-state index contributed by atoms with van der Waals surface area (Å²) in [6, 6.07) is 3.90. The molecule has 0 fully saturated rings. The van der Waals surface area contributed by atoms with Gasteiger partial charge < -0.3 is 5.73 Å². The van der Waals surface area contributed by atoms with Crippen LogP contribution in [0.1, 0.15) is 0 Å². The number of halogens is 1. The number of anilines is 1. The van der Waals surface area contributed by atoms with Gasteiger partial charge in [-0.3, -0.25) is 4.98 Å². The van der Waals surface area contributed by atoms with Crippen molar-refractivity contribution >= 4 is 33.0 Å². The summed E-state index contributed by atoms with van der Waals surface area (Å²) in [5.74, 6) is 0. The van der Waals surface area contributed by atoms with Gasteiger partial charge in [-0.2, -0.15) is 11.3 Å². The molecule has 0 aromatic carbocycles. The van der Waals surface area contributed by atoms with Crippen molar-refractivity contribution in [3.8, 4) is 11.3 Å². The minimum absolute atomic E-state index is 0.672. The Morgan fingerprint density at radius 1 is 1.46 bits per heavy atom. The van der Waals surface area contributed by atoms with Gasteiger partial charge in [-0.25, -0.2) is 0 Å². The van der Waals surface area contributed by atoms with Crippen molar-refractivity contribution in [2.24, 2.45) is 0 Å². The summed E-state index contributed by atoms with van der Waals surface area (Å²) in [7, 11) is 0. The van der Waals surface area contributed by atoms with Crippen LogP contribution < -0.4 is 5.73 Å². The zero-order valence-corrected chi connectivity index (χ0v) is 9.10. The van der Waals surface area contributed by atoms with Crippen molar-refractivity contribution in [3.63, 3.8) is 0 Å². The first-order valence-corrected chi connectivity index (χ1v) is 5.44. The van der Waals surface area contributed by atoms with Gasteiger partial charge in [0, 0.05) is 15.4 Å². The van der Waals surface area contributed by atoms with Crippen LogP contribution in [0.25, 0.3) is 11.3 Å². The van der Waals surface area contributed by atoms with E-state index >= 15 is 0 Å². The van der Waals surface area contributed by atoms with Gasteiger partial charge in [0.1, 0.15) is 0 Å². The van der Waals surface area contributed by atoms with E-state index in [0.717, 1.165) is 15.7 Å². The third-order valence-electron chi connectivity index (χ3n) is 1.66. The molecule has 2 heterocycles. The van der Waals surface area contributed by atoms with E-state index in [-0.39, 0.29) is 0 Å². The highest BCUT2D eigenvalue weighted by atomic mass is 79.9. The first kappa shape index (κ1) is 8.72. The number of nitrogens with zero attached hydrogens (tertiary/aromatic N) is 1. The molecule has 0 unspecified atom stereocenters. The van der Waals surface area contributed by atoms with E-state index < -0.39 is 0 Å². The standard InChI is InChI=1S/C9H7BrN2S/c10-8-3-7(11)4-12-9(8)6-1-2-13-5-6/h1-5H,11H2. The molecular weight excluding hydrogens is 248 g/mol. The smallest absolute Gasteiger partial charge is 0.0853 e. The fourth-order valence-electron chi connectivity index (χ4n) is 1.06. The fraction of sp³-hybridized carbons (Fsp3) is 0. The van der Waals surface area contributed by atoms with Crippen LogP contribution in [0.4, 0.5) is 5.69 Å². The maximum atomic E-state index is 5.59. The summed E-state index contributed by atoms with van der Waals surface area (Å²) in [6.45, 7) is 0. The SMILES string of the molecule is Nc1cnc(-c2ccsc2)c(Br)c1. The maximum absolute atomic E-state index is 5.59. The van der Waals surface area contributed by atoms with Crippen molar-refractivity contribution in [2.75, 3.05) is 5.73 Å². The van der Waals surface area contributed by atoms with Gasteiger partial charge in [0.05, 0.1) is 17.6 Å². The van der Waals surface area contributed by atoms with Crippen molar-refractivity contribution in [1.82, 2.24) is 4.98 Å². The second-order valence-corrected chi connectivity index (χ2v) is 4.25. The number of aromatic nitrogens is 1. The third-order valence-corrected chi connectivity index (χ3v) is 2.94. The molecule has 0 saturated heterocycles. The molecule has 2 aromatic heterocycles. The molecule has 2 aromatic rings. The van der Waals surface area contributed by atoms with Gasteiger partial charge in [-0.05, 0) is 33.4 Å². The number of nitrogens with two attached hydrogens (primary N) is 1. The average Bonchev–Trinajstić information content (AvgIpc) is 2.56. The molecule has 66 valence electrons. The maximum Gasteiger partial charge on any atom is 0.0853 e. The lowest BCUT2D eigenvalue weighted by Crippen LogP contribution is -1.89. The molecule has 2 rings (SSSR count). The van der Waals surface area contributed by atoms with E-state index in [2.05, 4.69) is 26.3 Å². The van der Waals surface area contributed by atoms with Crippen LogP contribution in [0.3, 0.4) is 0 Å². The van der Waals surface area contributed by atoms with Crippen LogP contribution in [0.5, 0.6) is 0 Å². The number of nitrogen functional groups attached to an aromatic ring is 1. The van der Waals surface area contributed by atoms with Gasteiger partial charge in [0.2, 0.25) is 0 Å². The molecule has 0 radical (unpaired) electrons. The Hall–Kier alpha value is -0.870. The molecule has 0 spiro atoms. The Morgan fingerprint density at radius 3 is 2.92 bits per heavy atom. The number of hydrogen-bond donors (Lipinski definition) is 1. The molecule has 0 atom stereocenters. The Kier molecular flexibility index (Phi) is 2.33. The molecule has 0 aliphatic heterocycles. The number of thiophene rings is 1. The molecule has 0 bridgehead atoms. The van der Waals surface area contributed by atoms with Crippen LogP contribution in [-0.4, -0.2) is 4.98 Å². The van der Waals surface area contributed by atoms with E-state index in [0.29, 0.717) is 5.69 Å². The zero-order chi connectivity index (χ0) is 9.26. The van der Waals surface area contributed by atoms with Gasteiger partial charge in [-0.1, -0.05) is 0 Å². The molecule has 0 aliphatic rings. The van der Waals surface area contributed by atoms with E-state index in [1.54, 1.807) is 17.5 Å². The third kappa shape index (κ3) is 1.73. The average molecular weight is 255 g/mol. The number of hydrogen-bond acceptors (Lipinski definition) is 3. The summed E-state index contributed by atoms with van der Waals surface area (Å²) >= 11 is 5.09. The Bertz CT molecular complexity index is 412. The predicted octanol–water partition coefficient (Wildman–Crippen LogP) is 3.15. The largest absolute Gasteiger partial charge is 0.397 e. The highest BCUT2D eigenvalue weighted by Gasteiger charge is 2.04. The summed E-state index contributed by atoms with van der Waals surface area (Å²) < 4.78 is 0.936. The summed E-state index contributed by atoms with van der Waals surface area (Å²) in [6.07, 6.45) is 1.66. The lowest BCUT2D eigenvalue weighted by molar-refractivity contribution is 1.32. The van der Waals surface area contributed by atoms with Crippen molar-refractivity contribution in [3.05, 3.63) is 33.6 Å². The van der Waals surface area contributed by atoms with Gasteiger partial charge in [0.15, 0.2) is 0 Å². The quantitative estimate of drug-likeness (QED) is 0.850. The van der Waals surface area contributed by atoms with E-state index in [1.807, 2.05) is 17.5 Å². The van der Waals surface area contributed by atoms with Crippen LogP contribution in [0.15, 0.2) is 33.6 Å². The Labute approximate surface area is 88.6 Å². The second-order valence-electron chi connectivity index (χ2n) is 2.61. The lowest BCUT2D eigenvalue weighted by Gasteiger charge is -2.01. The Balaban J connectivity index is 2.53. The fourth-order valence-corrected chi connectivity index (χ4v) is 2.30. The normalized spacial score (nSPS) is 10.2. The van der Waals surface area contributed by atoms with E-state index in [9.17, 15) is 0 Å². The van der Waals surface area contributed by atoms with E-state index in [4.69, 9.17) is 5.73 Å². The van der Waals surface area contributed by atoms with Crippen molar-refractivity contribution in [1.29, 1.82) is 0 Å². The minimum atomic E-state index is 0.672. The summed E-state index contributed by atoms with van der Waals surface area (Å²) in [5, 5.41) is 4.09. The molecule has 0 amide bonds. The lowest BCUT2D eigenvalue weighted by atomic mass is 10.2. The second kappa shape index (κ2) is 3.47. The first-order chi connectivity index (χ1) is 6.27. The molecule has 0 aliphatic carbocycles. The van der Waals surface area contributed by atoms with Crippen LogP contribution in [-0.2, 0) is 0 Å². The topological polar surface area (TPSA) is 38.9 Å². The van der Waals surface area contributed by atoms with Gasteiger partial charge >= 0.3 is 0 Å². The molecule has 13 heavy (non-hydrogen) atoms. The molecule has 0 saturated carbocycles. The molecule has 4 heteroatoms. The Morgan fingerprint density at radius 2 is 2.31 bits per heavy atom. The molecule has 2 N–H and O–H groups in total. The monoisotopic (exact) mass is 254 g/mol. The van der Waals surface area contributed by atoms with Gasteiger partial charge in [-0.15, -0.1) is 0 Å². The van der Waals surface area contributed by atoms with Crippen LogP contribution in [0, 0.1) is 0 Å². The van der Waals surface area contributed by atoms with Crippen LogP contribution >= 0.6 is 27.3 Å². The molecule has 2 nitrogen and oxygen atoms in total. The van der Waals surface area contributed by atoms with Crippen molar-refractivity contribution in [2.45, 2.75) is 0 Å². The zero-order valence-electron chi connectivity index (χ0n) is 6.70. The summed E-state index contributed by atoms with van der Waals surface area (Å²) in [4.78, 5) is 4.26. The highest BCUT2D eigenvalue weighted by Crippen LogP contribution is 2.28. The van der Waals surface area contributed by atoms with Crippen LogP contribution in [0.2, 0.25) is 0 Å².